The van der Waals surface area contributed by atoms with E-state index in [1.165, 1.54) is 0 Å². The molecule has 0 fully saturated rings. The van der Waals surface area contributed by atoms with E-state index in [0.29, 0.717) is 18.5 Å². The van der Waals surface area contributed by atoms with E-state index >= 15 is 0 Å². The standard InChI is InChI=1S/C20H25N3O3S/c1-4-12-27-13-11-21-20(26)16-5-7-17(8-6-16)23-15(3)18(14(2)22-23)9-10-19(24)25/h4-8H,1,9-13H2,2-3H3,(H,21,26)(H,24,25). The Bertz CT molecular complexity index is 813. The number of benzene rings is 1. The molecular formula is C20H25N3O3S. The summed E-state index contributed by atoms with van der Waals surface area (Å²) in [5, 5.41) is 16.3. The van der Waals surface area contributed by atoms with Crippen molar-refractivity contribution in [1.29, 1.82) is 0 Å². The molecule has 2 rings (SSSR count). The third-order valence-electron chi connectivity index (χ3n) is 4.17. The maximum atomic E-state index is 12.2. The molecule has 0 atom stereocenters. The number of hydrogen-bond acceptors (Lipinski definition) is 4. The molecule has 0 radical (unpaired) electrons. The molecule has 0 aliphatic heterocycles. The molecule has 1 heterocycles. The van der Waals surface area contributed by atoms with E-state index in [2.05, 4.69) is 17.0 Å². The van der Waals surface area contributed by atoms with Gasteiger partial charge in [-0.3, -0.25) is 9.59 Å². The first kappa shape index (κ1) is 20.8. The first-order valence-electron chi connectivity index (χ1n) is 8.78. The quantitative estimate of drug-likeness (QED) is 0.483. The number of aliphatic carboxylic acids is 1. The van der Waals surface area contributed by atoms with Gasteiger partial charge in [-0.05, 0) is 50.1 Å². The monoisotopic (exact) mass is 387 g/mol. The molecule has 0 spiro atoms. The molecule has 6 nitrogen and oxygen atoms in total. The maximum Gasteiger partial charge on any atom is 0.303 e. The van der Waals surface area contributed by atoms with E-state index in [1.807, 2.05) is 32.1 Å². The number of amides is 1. The Labute approximate surface area is 163 Å². The van der Waals surface area contributed by atoms with Crippen LogP contribution in [0, 0.1) is 13.8 Å². The van der Waals surface area contributed by atoms with Gasteiger partial charge in [0.15, 0.2) is 0 Å². The van der Waals surface area contributed by atoms with Crippen molar-refractivity contribution >= 4 is 23.6 Å². The van der Waals surface area contributed by atoms with Crippen LogP contribution < -0.4 is 5.32 Å². The number of hydrogen-bond donors (Lipinski definition) is 2. The van der Waals surface area contributed by atoms with Gasteiger partial charge in [-0.1, -0.05) is 6.08 Å². The molecule has 7 heteroatoms. The summed E-state index contributed by atoms with van der Waals surface area (Å²) in [6.45, 7) is 8.09. The molecule has 0 saturated carbocycles. The predicted octanol–water partition coefficient (Wildman–Crippen LogP) is 3.16. The van der Waals surface area contributed by atoms with Crippen LogP contribution in [0.1, 0.15) is 33.7 Å². The van der Waals surface area contributed by atoms with Crippen molar-refractivity contribution in [2.45, 2.75) is 26.7 Å². The number of carboxylic acid groups (broad SMARTS) is 1. The van der Waals surface area contributed by atoms with Crippen LogP contribution in [0.4, 0.5) is 0 Å². The molecule has 1 aromatic carbocycles. The Morgan fingerprint density at radius 1 is 1.30 bits per heavy atom. The number of thioether (sulfide) groups is 1. The fourth-order valence-electron chi connectivity index (χ4n) is 2.78. The Balaban J connectivity index is 2.04. The molecule has 2 N–H and O–H groups in total. The molecular weight excluding hydrogens is 362 g/mol. The minimum absolute atomic E-state index is 0.0809. The van der Waals surface area contributed by atoms with Gasteiger partial charge < -0.3 is 10.4 Å². The molecule has 2 aromatic rings. The minimum atomic E-state index is -0.820. The summed E-state index contributed by atoms with van der Waals surface area (Å²) in [5.74, 6) is 0.804. The smallest absolute Gasteiger partial charge is 0.303 e. The van der Waals surface area contributed by atoms with Gasteiger partial charge >= 0.3 is 5.97 Å². The average Bonchev–Trinajstić information content (AvgIpc) is 2.93. The highest BCUT2D eigenvalue weighted by Crippen LogP contribution is 2.20. The average molecular weight is 388 g/mol. The second-order valence-electron chi connectivity index (χ2n) is 6.12. The number of aromatic nitrogens is 2. The van der Waals surface area contributed by atoms with E-state index in [4.69, 9.17) is 5.11 Å². The normalized spacial score (nSPS) is 10.6. The third-order valence-corrected chi connectivity index (χ3v) is 5.14. The summed E-state index contributed by atoms with van der Waals surface area (Å²) in [7, 11) is 0. The molecule has 0 bridgehead atoms. The van der Waals surface area contributed by atoms with E-state index in [-0.39, 0.29) is 12.3 Å². The van der Waals surface area contributed by atoms with Gasteiger partial charge in [-0.25, -0.2) is 4.68 Å². The van der Waals surface area contributed by atoms with Gasteiger partial charge in [0.25, 0.3) is 5.91 Å². The predicted molar refractivity (Wildman–Crippen MR) is 109 cm³/mol. The molecule has 27 heavy (non-hydrogen) atoms. The molecule has 0 aliphatic carbocycles. The Morgan fingerprint density at radius 3 is 2.63 bits per heavy atom. The lowest BCUT2D eigenvalue weighted by molar-refractivity contribution is -0.136. The second kappa shape index (κ2) is 9.97. The largest absolute Gasteiger partial charge is 0.481 e. The number of nitrogens with zero attached hydrogens (tertiary/aromatic N) is 2. The second-order valence-corrected chi connectivity index (χ2v) is 7.27. The molecule has 1 amide bonds. The van der Waals surface area contributed by atoms with Crippen LogP contribution in [0.15, 0.2) is 36.9 Å². The topological polar surface area (TPSA) is 84.2 Å². The van der Waals surface area contributed by atoms with Crippen LogP contribution in [0.25, 0.3) is 5.69 Å². The summed E-state index contributed by atoms with van der Waals surface area (Å²) in [4.78, 5) is 23.0. The van der Waals surface area contributed by atoms with Crippen molar-refractivity contribution in [2.24, 2.45) is 0 Å². The van der Waals surface area contributed by atoms with Crippen LogP contribution in [0.2, 0.25) is 0 Å². The Kier molecular flexibility index (Phi) is 7.67. The Morgan fingerprint density at radius 2 is 2.00 bits per heavy atom. The van der Waals surface area contributed by atoms with Crippen molar-refractivity contribution < 1.29 is 14.7 Å². The van der Waals surface area contributed by atoms with Crippen molar-refractivity contribution in [3.8, 4) is 5.69 Å². The van der Waals surface area contributed by atoms with Gasteiger partial charge in [-0.2, -0.15) is 16.9 Å². The van der Waals surface area contributed by atoms with Gasteiger partial charge in [0.2, 0.25) is 0 Å². The summed E-state index contributed by atoms with van der Waals surface area (Å²) in [6.07, 6.45) is 2.38. The highest BCUT2D eigenvalue weighted by molar-refractivity contribution is 7.99. The van der Waals surface area contributed by atoms with Gasteiger partial charge in [-0.15, -0.1) is 6.58 Å². The van der Waals surface area contributed by atoms with Crippen LogP contribution >= 0.6 is 11.8 Å². The van der Waals surface area contributed by atoms with Gasteiger partial charge in [0.1, 0.15) is 0 Å². The lowest BCUT2D eigenvalue weighted by atomic mass is 10.1. The van der Waals surface area contributed by atoms with E-state index in [1.54, 1.807) is 28.6 Å². The van der Waals surface area contributed by atoms with E-state index < -0.39 is 5.97 Å². The number of rotatable bonds is 10. The fourth-order valence-corrected chi connectivity index (χ4v) is 3.36. The zero-order valence-corrected chi connectivity index (χ0v) is 16.5. The van der Waals surface area contributed by atoms with Crippen LogP contribution in [0.5, 0.6) is 0 Å². The number of carboxylic acids is 1. The summed E-state index contributed by atoms with van der Waals surface area (Å²) in [6, 6.07) is 7.24. The SMILES string of the molecule is C=CCSCCNC(=O)c1ccc(-n2nc(C)c(CCC(=O)O)c2C)cc1. The minimum Gasteiger partial charge on any atom is -0.481 e. The lowest BCUT2D eigenvalue weighted by Crippen LogP contribution is -2.25. The molecule has 144 valence electrons. The van der Waals surface area contributed by atoms with Crippen molar-refractivity contribution in [3.05, 3.63) is 59.4 Å². The fraction of sp³-hybridized carbons (Fsp3) is 0.350. The van der Waals surface area contributed by atoms with Gasteiger partial charge in [0, 0.05) is 35.7 Å². The number of carbonyl (C=O) groups excluding carboxylic acids is 1. The number of nitrogens with one attached hydrogen (secondary N) is 1. The van der Waals surface area contributed by atoms with E-state index in [0.717, 1.165) is 34.1 Å². The van der Waals surface area contributed by atoms with E-state index in [9.17, 15) is 9.59 Å². The van der Waals surface area contributed by atoms with Crippen LogP contribution in [-0.2, 0) is 11.2 Å². The molecule has 0 unspecified atom stereocenters. The first-order valence-corrected chi connectivity index (χ1v) is 9.93. The zero-order chi connectivity index (χ0) is 19.8. The number of aryl methyl sites for hydroxylation is 1. The van der Waals surface area contributed by atoms with Crippen LogP contribution in [-0.4, -0.2) is 44.8 Å². The Hall–Kier alpha value is -2.54. The highest BCUT2D eigenvalue weighted by Gasteiger charge is 2.14. The maximum absolute atomic E-state index is 12.2. The van der Waals surface area contributed by atoms with Crippen LogP contribution in [0.3, 0.4) is 0 Å². The van der Waals surface area contributed by atoms with Gasteiger partial charge in [0.05, 0.1) is 11.4 Å². The number of carbonyl (C=O) groups is 2. The van der Waals surface area contributed by atoms with Crippen molar-refractivity contribution in [2.75, 3.05) is 18.1 Å². The summed E-state index contributed by atoms with van der Waals surface area (Å²) < 4.78 is 1.79. The summed E-state index contributed by atoms with van der Waals surface area (Å²) in [5.41, 5.74) is 4.14. The van der Waals surface area contributed by atoms with Crippen molar-refractivity contribution in [3.63, 3.8) is 0 Å². The molecule has 0 saturated heterocycles. The molecule has 0 aliphatic rings. The molecule has 1 aromatic heterocycles. The first-order chi connectivity index (χ1) is 12.9. The summed E-state index contributed by atoms with van der Waals surface area (Å²) >= 11 is 1.72. The third kappa shape index (κ3) is 5.72. The zero-order valence-electron chi connectivity index (χ0n) is 15.7. The lowest BCUT2D eigenvalue weighted by Gasteiger charge is -2.08. The van der Waals surface area contributed by atoms with Crippen molar-refractivity contribution in [1.82, 2.24) is 15.1 Å². The highest BCUT2D eigenvalue weighted by atomic mass is 32.2.